The van der Waals surface area contributed by atoms with Crippen molar-refractivity contribution in [2.24, 2.45) is 11.6 Å². The second kappa shape index (κ2) is 7.88. The van der Waals surface area contributed by atoms with Gasteiger partial charge < -0.3 is 5.73 Å². The topological polar surface area (TPSA) is 64.1 Å². The predicted octanol–water partition coefficient (Wildman–Crippen LogP) is -0.0312. The van der Waals surface area contributed by atoms with Crippen molar-refractivity contribution in [2.75, 3.05) is 13.1 Å². The molecule has 0 spiro atoms. The fraction of sp³-hybridized carbons (Fsp3) is 1.00. The number of rotatable bonds is 2. The number of hydrazine groups is 1. The van der Waals surface area contributed by atoms with Gasteiger partial charge in [-0.1, -0.05) is 25.7 Å². The third-order valence-electron chi connectivity index (χ3n) is 1.29. The first kappa shape index (κ1) is 8.88. The molecule has 1 rings (SSSR count). The van der Waals surface area contributed by atoms with Crippen LogP contribution in [0.3, 0.4) is 0 Å². The highest BCUT2D eigenvalue weighted by molar-refractivity contribution is 4.50. The van der Waals surface area contributed by atoms with Crippen LogP contribution in [0.4, 0.5) is 0 Å². The van der Waals surface area contributed by atoms with Gasteiger partial charge in [0, 0.05) is 13.1 Å². The van der Waals surface area contributed by atoms with Gasteiger partial charge in [0.2, 0.25) is 0 Å². The molecule has 1 aliphatic rings. The van der Waals surface area contributed by atoms with E-state index in [4.69, 9.17) is 11.6 Å². The van der Waals surface area contributed by atoms with E-state index in [9.17, 15) is 0 Å². The van der Waals surface area contributed by atoms with Crippen LogP contribution in [0.25, 0.3) is 0 Å². The molecule has 0 aromatic heterocycles. The molecule has 0 radical (unpaired) electrons. The van der Waals surface area contributed by atoms with E-state index < -0.39 is 0 Å². The molecule has 0 aromatic rings. The van der Waals surface area contributed by atoms with Gasteiger partial charge in [-0.3, -0.25) is 11.3 Å². The molecule has 3 nitrogen and oxygen atoms in total. The molecule has 0 heterocycles. The highest BCUT2D eigenvalue weighted by Crippen LogP contribution is 2.15. The molecule has 0 aromatic carbocycles. The predicted molar refractivity (Wildman–Crippen MR) is 39.7 cm³/mol. The molecule has 9 heavy (non-hydrogen) atoms. The zero-order chi connectivity index (χ0) is 6.95. The lowest BCUT2D eigenvalue weighted by atomic mass is 10.0. The number of hydrogen-bond donors (Lipinski definition) is 3. The van der Waals surface area contributed by atoms with Crippen LogP contribution in [0.5, 0.6) is 0 Å². The molecule has 0 bridgehead atoms. The molecule has 1 saturated carbocycles. The minimum Gasteiger partial charge on any atom is -0.329 e. The highest BCUT2D eigenvalue weighted by atomic mass is 15.2. The molecular formula is C6H17N3. The Kier molecular flexibility index (Phi) is 7.77. The van der Waals surface area contributed by atoms with Crippen LogP contribution in [0.2, 0.25) is 0 Å². The van der Waals surface area contributed by atoms with E-state index in [2.05, 4.69) is 5.43 Å². The first-order valence-corrected chi connectivity index (χ1v) is 3.55. The Morgan fingerprint density at radius 3 is 1.56 bits per heavy atom. The van der Waals surface area contributed by atoms with Crippen molar-refractivity contribution >= 4 is 0 Å². The Labute approximate surface area is 56.8 Å². The summed E-state index contributed by atoms with van der Waals surface area (Å²) < 4.78 is 0. The largest absolute Gasteiger partial charge is 0.329 e. The normalized spacial score (nSPS) is 15.3. The van der Waals surface area contributed by atoms with Gasteiger partial charge in [0.1, 0.15) is 0 Å². The second-order valence-corrected chi connectivity index (χ2v) is 2.16. The molecule has 1 aliphatic carbocycles. The van der Waals surface area contributed by atoms with E-state index in [1.165, 1.54) is 25.7 Å². The Bertz CT molecular complexity index is 37.6. The molecule has 0 atom stereocenters. The molecule has 0 aliphatic heterocycles. The van der Waals surface area contributed by atoms with Gasteiger partial charge in [0.15, 0.2) is 0 Å². The smallest absolute Gasteiger partial charge is 0.0220 e. The SMILES string of the molecule is C1CCC1.NCCNN. The van der Waals surface area contributed by atoms with E-state index in [0.717, 1.165) is 0 Å². The molecule has 0 amide bonds. The van der Waals surface area contributed by atoms with E-state index in [0.29, 0.717) is 13.1 Å². The summed E-state index contributed by atoms with van der Waals surface area (Å²) in [6.45, 7) is 1.30. The van der Waals surface area contributed by atoms with Gasteiger partial charge in [0.05, 0.1) is 0 Å². The number of hydrogen-bond acceptors (Lipinski definition) is 3. The number of nitrogens with one attached hydrogen (secondary N) is 1. The van der Waals surface area contributed by atoms with Crippen LogP contribution in [-0.2, 0) is 0 Å². The van der Waals surface area contributed by atoms with Crippen LogP contribution < -0.4 is 17.0 Å². The van der Waals surface area contributed by atoms with Gasteiger partial charge in [-0.25, -0.2) is 0 Å². The summed E-state index contributed by atoms with van der Waals surface area (Å²) in [6, 6.07) is 0. The summed E-state index contributed by atoms with van der Waals surface area (Å²) in [5.41, 5.74) is 7.39. The first-order valence-electron chi connectivity index (χ1n) is 3.55. The third kappa shape index (κ3) is 7.88. The minimum absolute atomic E-state index is 0.608. The van der Waals surface area contributed by atoms with Crippen molar-refractivity contribution < 1.29 is 0 Å². The monoisotopic (exact) mass is 131 g/mol. The zero-order valence-electron chi connectivity index (χ0n) is 5.90. The van der Waals surface area contributed by atoms with Crippen molar-refractivity contribution in [1.82, 2.24) is 5.43 Å². The van der Waals surface area contributed by atoms with Crippen molar-refractivity contribution in [3.8, 4) is 0 Å². The lowest BCUT2D eigenvalue weighted by molar-refractivity contribution is 0.504. The average molecular weight is 131 g/mol. The zero-order valence-corrected chi connectivity index (χ0v) is 5.90. The summed E-state index contributed by atoms with van der Waals surface area (Å²) in [6.07, 6.45) is 6.00. The number of nitrogens with two attached hydrogens (primary N) is 2. The maximum absolute atomic E-state index is 5.00. The fourth-order valence-electron chi connectivity index (χ4n) is 0.333. The molecular weight excluding hydrogens is 114 g/mol. The van der Waals surface area contributed by atoms with Crippen molar-refractivity contribution in [2.45, 2.75) is 25.7 Å². The van der Waals surface area contributed by atoms with Crippen molar-refractivity contribution in [3.05, 3.63) is 0 Å². The van der Waals surface area contributed by atoms with E-state index >= 15 is 0 Å². The lowest BCUT2D eigenvalue weighted by Gasteiger charge is -2.05. The van der Waals surface area contributed by atoms with Gasteiger partial charge >= 0.3 is 0 Å². The van der Waals surface area contributed by atoms with E-state index in [1.54, 1.807) is 0 Å². The molecule has 1 fully saturated rings. The average Bonchev–Trinajstić information content (AvgIpc) is 1.63. The minimum atomic E-state index is 0.608. The summed E-state index contributed by atoms with van der Waals surface area (Å²) >= 11 is 0. The van der Waals surface area contributed by atoms with Gasteiger partial charge in [-0.15, -0.1) is 0 Å². The Morgan fingerprint density at radius 2 is 1.56 bits per heavy atom. The quantitative estimate of drug-likeness (QED) is 0.364. The molecule has 3 heteroatoms. The molecule has 5 N–H and O–H groups in total. The molecule has 0 saturated heterocycles. The molecule has 56 valence electrons. The third-order valence-corrected chi connectivity index (χ3v) is 1.29. The van der Waals surface area contributed by atoms with Crippen LogP contribution in [-0.4, -0.2) is 13.1 Å². The van der Waals surface area contributed by atoms with Crippen molar-refractivity contribution in [3.63, 3.8) is 0 Å². The van der Waals surface area contributed by atoms with Gasteiger partial charge in [0.25, 0.3) is 0 Å². The maximum atomic E-state index is 5.00. The Hall–Kier alpha value is -0.120. The summed E-state index contributed by atoms with van der Waals surface area (Å²) in [5, 5.41) is 0. The van der Waals surface area contributed by atoms with E-state index in [1.807, 2.05) is 0 Å². The standard InChI is InChI=1S/C4H8.C2H9N3/c1-2-4-3-1;3-1-2-5-4/h1-4H2;5H,1-4H2. The van der Waals surface area contributed by atoms with Crippen LogP contribution in [0.15, 0.2) is 0 Å². The van der Waals surface area contributed by atoms with Crippen LogP contribution >= 0.6 is 0 Å². The van der Waals surface area contributed by atoms with Crippen molar-refractivity contribution in [1.29, 1.82) is 0 Å². The van der Waals surface area contributed by atoms with E-state index in [-0.39, 0.29) is 0 Å². The summed E-state index contributed by atoms with van der Waals surface area (Å²) in [5.74, 6) is 4.81. The molecule has 0 unspecified atom stereocenters. The Balaban J connectivity index is 0.000000144. The van der Waals surface area contributed by atoms with Crippen LogP contribution in [0, 0.1) is 0 Å². The fourth-order valence-corrected chi connectivity index (χ4v) is 0.333. The lowest BCUT2D eigenvalue weighted by Crippen LogP contribution is -2.28. The summed E-state index contributed by atoms with van der Waals surface area (Å²) in [7, 11) is 0. The second-order valence-electron chi connectivity index (χ2n) is 2.16. The maximum Gasteiger partial charge on any atom is 0.0220 e. The van der Waals surface area contributed by atoms with Gasteiger partial charge in [-0.2, -0.15) is 0 Å². The highest BCUT2D eigenvalue weighted by Gasteiger charge is 1.95. The van der Waals surface area contributed by atoms with Crippen LogP contribution in [0.1, 0.15) is 25.7 Å². The summed E-state index contributed by atoms with van der Waals surface area (Å²) in [4.78, 5) is 0. The van der Waals surface area contributed by atoms with Gasteiger partial charge in [-0.05, 0) is 0 Å². The Morgan fingerprint density at radius 1 is 1.11 bits per heavy atom. The first-order chi connectivity index (χ1) is 4.41.